The van der Waals surface area contributed by atoms with E-state index in [1.807, 2.05) is 6.07 Å². The van der Waals surface area contributed by atoms with Crippen LogP contribution in [-0.2, 0) is 16.0 Å². The first-order valence-corrected chi connectivity index (χ1v) is 19.7. The smallest absolute Gasteiger partial charge is 0.123 e. The zero-order chi connectivity index (χ0) is 38.0. The quantitative estimate of drug-likeness (QED) is 0.193. The Morgan fingerprint density at radius 1 is 0.526 bits per heavy atom. The number of H-pyrrole nitrogens is 2. The van der Waals surface area contributed by atoms with Crippen molar-refractivity contribution in [1.29, 1.82) is 0 Å². The molecule has 3 aliphatic heterocycles. The minimum atomic E-state index is -0.213. The second kappa shape index (κ2) is 15.5. The number of ether oxygens (including phenoxy) is 3. The lowest BCUT2D eigenvalue weighted by molar-refractivity contribution is 0.0334. The predicted molar refractivity (Wildman–Crippen MR) is 226 cm³/mol. The third-order valence-electron chi connectivity index (χ3n) is 11.0. The fraction of sp³-hybridized carbons (Fsp3) is 0.140. The number of hydrogen-bond donors (Lipinski definition) is 2. The molecule has 0 saturated carbocycles. The second-order valence-electron chi connectivity index (χ2n) is 14.4. The number of allylic oxidation sites excluding steroid dienone is 2. The van der Waals surface area contributed by atoms with Crippen LogP contribution in [0.15, 0.2) is 175 Å². The van der Waals surface area contributed by atoms with Crippen molar-refractivity contribution in [2.45, 2.75) is 12.5 Å². The van der Waals surface area contributed by atoms with Crippen molar-refractivity contribution in [1.82, 2.24) is 14.5 Å². The summed E-state index contributed by atoms with van der Waals surface area (Å²) >= 11 is 0. The molecule has 0 spiro atoms. The van der Waals surface area contributed by atoms with Gasteiger partial charge in [-0.25, -0.2) is 4.99 Å². The molecule has 3 aliphatic rings. The third kappa shape index (κ3) is 6.71. The highest BCUT2D eigenvalue weighted by atomic mass is 16.5. The van der Waals surface area contributed by atoms with Gasteiger partial charge in [0.2, 0.25) is 0 Å². The number of aromatic nitrogens is 3. The fourth-order valence-electron chi connectivity index (χ4n) is 8.42. The molecule has 10 bridgehead atoms. The van der Waals surface area contributed by atoms with Gasteiger partial charge in [-0.05, 0) is 71.3 Å². The summed E-state index contributed by atoms with van der Waals surface area (Å²) in [5, 5.41) is 2.00. The first-order valence-electron chi connectivity index (χ1n) is 19.7. The summed E-state index contributed by atoms with van der Waals surface area (Å²) in [5.41, 5.74) is 13.6. The Hall–Kier alpha value is -6.67. The maximum atomic E-state index is 6.51. The van der Waals surface area contributed by atoms with Gasteiger partial charge in [0.1, 0.15) is 12.4 Å². The van der Waals surface area contributed by atoms with Crippen molar-refractivity contribution in [3.63, 3.8) is 0 Å². The Morgan fingerprint density at radius 3 is 1.91 bits per heavy atom. The zero-order valence-corrected chi connectivity index (χ0v) is 31.5. The zero-order valence-electron chi connectivity index (χ0n) is 31.5. The van der Waals surface area contributed by atoms with Crippen LogP contribution in [0.2, 0.25) is 0 Å². The molecule has 7 heteroatoms. The fourth-order valence-corrected chi connectivity index (χ4v) is 8.42. The molecule has 0 saturated heterocycles. The summed E-state index contributed by atoms with van der Waals surface area (Å²) in [6.07, 6.45) is 4.32. The number of hydrogen-bond acceptors (Lipinski definition) is 4. The molecule has 0 radical (unpaired) electrons. The molecule has 1 atom stereocenters. The van der Waals surface area contributed by atoms with Gasteiger partial charge < -0.3 is 28.7 Å². The topological polar surface area (TPSA) is 76.6 Å². The number of aromatic amines is 2. The van der Waals surface area contributed by atoms with Gasteiger partial charge in [-0.2, -0.15) is 0 Å². The molecule has 0 amide bonds. The molecular formula is C50H42N4O3. The summed E-state index contributed by atoms with van der Waals surface area (Å²) in [6, 6.07) is 53.5. The predicted octanol–water partition coefficient (Wildman–Crippen LogP) is 7.98. The van der Waals surface area contributed by atoms with E-state index in [9.17, 15) is 0 Å². The van der Waals surface area contributed by atoms with Crippen molar-refractivity contribution >= 4 is 22.4 Å². The number of nitrogens with one attached hydrogen (secondary N) is 2. The number of benzene rings is 4. The van der Waals surface area contributed by atoms with Crippen molar-refractivity contribution in [3.8, 4) is 5.75 Å². The van der Waals surface area contributed by atoms with E-state index in [-0.39, 0.29) is 5.92 Å². The normalized spacial score (nSPS) is 20.3. The van der Waals surface area contributed by atoms with Crippen LogP contribution >= 0.6 is 0 Å². The number of nitrogens with zero attached hydrogens (tertiary/aromatic N) is 2. The molecule has 280 valence electrons. The summed E-state index contributed by atoms with van der Waals surface area (Å²) in [6.45, 7) is 3.08. The monoisotopic (exact) mass is 746 g/mol. The van der Waals surface area contributed by atoms with Gasteiger partial charge in [0.05, 0.1) is 49.4 Å². The van der Waals surface area contributed by atoms with Crippen LogP contribution in [0.5, 0.6) is 5.75 Å². The van der Waals surface area contributed by atoms with Crippen molar-refractivity contribution in [2.24, 2.45) is 4.99 Å². The molecule has 7 nitrogen and oxygen atoms in total. The van der Waals surface area contributed by atoms with Gasteiger partial charge in [-0.1, -0.05) is 109 Å². The molecule has 7 aromatic rings. The van der Waals surface area contributed by atoms with Gasteiger partial charge in [-0.3, -0.25) is 0 Å². The Labute approximate surface area is 331 Å². The highest BCUT2D eigenvalue weighted by Gasteiger charge is 2.29. The van der Waals surface area contributed by atoms with Gasteiger partial charge in [-0.15, -0.1) is 0 Å². The number of rotatable bonds is 3. The highest BCUT2D eigenvalue weighted by molar-refractivity contribution is 6.30. The molecule has 4 aromatic carbocycles. The summed E-state index contributed by atoms with van der Waals surface area (Å²) in [5.74, 6) is 0.619. The van der Waals surface area contributed by atoms with E-state index in [1.54, 1.807) is 0 Å². The number of fused-ring (bicyclic) bond motifs is 8. The van der Waals surface area contributed by atoms with Gasteiger partial charge >= 0.3 is 0 Å². The van der Waals surface area contributed by atoms with Crippen LogP contribution in [0.4, 0.5) is 0 Å². The molecule has 3 aromatic heterocycles. The second-order valence-corrected chi connectivity index (χ2v) is 14.4. The van der Waals surface area contributed by atoms with E-state index in [0.29, 0.717) is 39.6 Å². The van der Waals surface area contributed by atoms with Gasteiger partial charge in [0.25, 0.3) is 0 Å². The average molecular weight is 747 g/mol. The standard InChI is InChI=1S/C50H42N4O3/c1-4-12-34(13-5-1)47-38-20-21-39(51-38)48(35-14-6-2-7-15-35)41-23-25-43(53-41)50-37-18-10-11-19-46(37)57-33-32-56-31-30-55-29-28-54-44(26-27-45(50)54)49(36-16-8-3-9-17-36)42-24-22-40(47)52-42/h1-27,50-51,53H,28-33H2/b47-38-,48-39-,49-42-. The summed E-state index contributed by atoms with van der Waals surface area (Å²) in [4.78, 5) is 13.3. The number of para-hydroxylation sites is 1. The Bertz CT molecular complexity index is 2770. The minimum absolute atomic E-state index is 0.213. The van der Waals surface area contributed by atoms with Crippen molar-refractivity contribution in [2.75, 3.05) is 33.0 Å². The van der Waals surface area contributed by atoms with E-state index >= 15 is 0 Å². The van der Waals surface area contributed by atoms with E-state index in [0.717, 1.165) is 89.6 Å². The largest absolute Gasteiger partial charge is 0.491 e. The van der Waals surface area contributed by atoms with E-state index in [4.69, 9.17) is 19.2 Å². The Balaban J connectivity index is 1.33. The molecule has 0 aliphatic carbocycles. The minimum Gasteiger partial charge on any atom is -0.491 e. The van der Waals surface area contributed by atoms with Crippen LogP contribution in [0, 0.1) is 0 Å². The van der Waals surface area contributed by atoms with Crippen molar-refractivity contribution in [3.05, 3.63) is 225 Å². The molecular weight excluding hydrogens is 705 g/mol. The number of aliphatic imine (C=N–C) groups is 1. The lowest BCUT2D eigenvalue weighted by atomic mass is 9.91. The van der Waals surface area contributed by atoms with Crippen LogP contribution in [-0.4, -0.2) is 53.3 Å². The highest BCUT2D eigenvalue weighted by Crippen LogP contribution is 2.41. The summed E-state index contributed by atoms with van der Waals surface area (Å²) in [7, 11) is 0. The average Bonchev–Trinajstić information content (AvgIpc) is 4.10. The van der Waals surface area contributed by atoms with Crippen LogP contribution in [0.3, 0.4) is 0 Å². The van der Waals surface area contributed by atoms with Crippen LogP contribution < -0.4 is 15.4 Å². The van der Waals surface area contributed by atoms with Crippen LogP contribution in [0.1, 0.15) is 50.9 Å². The Kier molecular flexibility index (Phi) is 9.44. The molecule has 1 unspecified atom stereocenters. The lowest BCUT2D eigenvalue weighted by Gasteiger charge is -2.25. The van der Waals surface area contributed by atoms with E-state index in [1.165, 1.54) is 0 Å². The van der Waals surface area contributed by atoms with Gasteiger partial charge in [0, 0.05) is 56.6 Å². The Morgan fingerprint density at radius 2 is 1.16 bits per heavy atom. The summed E-state index contributed by atoms with van der Waals surface area (Å²) < 4.78 is 21.1. The molecule has 10 rings (SSSR count). The maximum Gasteiger partial charge on any atom is 0.123 e. The third-order valence-corrected chi connectivity index (χ3v) is 11.0. The molecule has 0 fully saturated rings. The molecule has 57 heavy (non-hydrogen) atoms. The van der Waals surface area contributed by atoms with E-state index in [2.05, 4.69) is 172 Å². The molecule has 6 heterocycles. The lowest BCUT2D eigenvalue weighted by Crippen LogP contribution is -2.20. The molecule has 2 N–H and O–H groups in total. The van der Waals surface area contributed by atoms with Crippen LogP contribution in [0.25, 0.3) is 16.7 Å². The van der Waals surface area contributed by atoms with Gasteiger partial charge in [0.15, 0.2) is 0 Å². The maximum absolute atomic E-state index is 6.51. The van der Waals surface area contributed by atoms with E-state index < -0.39 is 0 Å². The SMILES string of the molecule is C1=C/C2=C(\c3ccccc3)c3ccc4n3CCOCCOCCOc3ccccc3C4c3ccc([nH]3)/C(c3ccccc3)=c3/cc/c([nH]3)=C(\c3ccccc3)C1=N2. The van der Waals surface area contributed by atoms with Crippen molar-refractivity contribution < 1.29 is 14.2 Å². The first-order chi connectivity index (χ1) is 28.3. The first kappa shape index (κ1) is 34.8.